The van der Waals surface area contributed by atoms with Gasteiger partial charge in [-0.15, -0.1) is 0 Å². The van der Waals surface area contributed by atoms with Gasteiger partial charge in [0.1, 0.15) is 0 Å². The third kappa shape index (κ3) is 2.79. The Morgan fingerprint density at radius 2 is 1.82 bits per heavy atom. The quantitative estimate of drug-likeness (QED) is 0.746. The van der Waals surface area contributed by atoms with E-state index in [1.54, 1.807) is 6.07 Å². The van der Waals surface area contributed by atoms with Crippen molar-refractivity contribution in [3.63, 3.8) is 0 Å². The number of benzene rings is 3. The van der Waals surface area contributed by atoms with Crippen molar-refractivity contribution in [1.29, 1.82) is 0 Å². The van der Waals surface area contributed by atoms with Gasteiger partial charge in [0, 0.05) is 12.2 Å². The third-order valence-electron chi connectivity index (χ3n) is 3.75. The van der Waals surface area contributed by atoms with E-state index >= 15 is 0 Å². The molecule has 3 aromatic carbocycles. The van der Waals surface area contributed by atoms with Gasteiger partial charge in [0.2, 0.25) is 0 Å². The summed E-state index contributed by atoms with van der Waals surface area (Å²) in [5.41, 5.74) is 3.04. The van der Waals surface area contributed by atoms with Crippen LogP contribution in [0.1, 0.15) is 21.5 Å². The van der Waals surface area contributed by atoms with Gasteiger partial charge in [-0.05, 0) is 35.4 Å². The Balaban J connectivity index is 1.90. The first-order valence-corrected chi connectivity index (χ1v) is 7.19. The molecule has 0 saturated heterocycles. The number of carbonyl (C=O) groups is 1. The SMILES string of the molecule is Cc1ccc(NCc2cccc3ccccc23)c(C(=O)O)c1. The van der Waals surface area contributed by atoms with Crippen LogP contribution in [-0.4, -0.2) is 11.1 Å². The molecular weight excluding hydrogens is 274 g/mol. The Morgan fingerprint density at radius 3 is 2.64 bits per heavy atom. The van der Waals surface area contributed by atoms with E-state index in [9.17, 15) is 9.90 Å². The molecule has 0 aliphatic rings. The van der Waals surface area contributed by atoms with Crippen molar-refractivity contribution >= 4 is 22.4 Å². The van der Waals surface area contributed by atoms with Gasteiger partial charge in [0.05, 0.1) is 5.56 Å². The van der Waals surface area contributed by atoms with Crippen LogP contribution in [0.2, 0.25) is 0 Å². The van der Waals surface area contributed by atoms with E-state index in [2.05, 4.69) is 29.6 Å². The largest absolute Gasteiger partial charge is 0.478 e. The number of nitrogens with one attached hydrogen (secondary N) is 1. The molecule has 0 aliphatic carbocycles. The predicted octanol–water partition coefficient (Wildman–Crippen LogP) is 4.46. The van der Waals surface area contributed by atoms with E-state index in [1.807, 2.05) is 37.3 Å². The van der Waals surface area contributed by atoms with Gasteiger partial charge in [-0.1, -0.05) is 54.1 Å². The maximum atomic E-state index is 11.4. The van der Waals surface area contributed by atoms with Gasteiger partial charge in [0.15, 0.2) is 0 Å². The maximum absolute atomic E-state index is 11.4. The standard InChI is InChI=1S/C19H17NO2/c1-13-9-10-18(17(11-13)19(21)22)20-12-15-7-4-6-14-5-2-3-8-16(14)15/h2-11,20H,12H2,1H3,(H,21,22). The van der Waals surface area contributed by atoms with Crippen molar-refractivity contribution in [2.45, 2.75) is 13.5 Å². The van der Waals surface area contributed by atoms with Crippen molar-refractivity contribution in [1.82, 2.24) is 0 Å². The monoisotopic (exact) mass is 291 g/mol. The first-order chi connectivity index (χ1) is 10.6. The number of carboxylic acid groups (broad SMARTS) is 1. The second kappa shape index (κ2) is 5.90. The maximum Gasteiger partial charge on any atom is 0.337 e. The number of hydrogen-bond donors (Lipinski definition) is 2. The molecule has 0 fully saturated rings. The summed E-state index contributed by atoms with van der Waals surface area (Å²) in [4.78, 5) is 11.4. The first-order valence-electron chi connectivity index (χ1n) is 7.19. The van der Waals surface area contributed by atoms with E-state index in [0.29, 0.717) is 17.8 Å². The lowest BCUT2D eigenvalue weighted by atomic mass is 10.0. The molecule has 0 spiro atoms. The lowest BCUT2D eigenvalue weighted by molar-refractivity contribution is 0.0698. The molecule has 3 rings (SSSR count). The fourth-order valence-corrected chi connectivity index (χ4v) is 2.63. The summed E-state index contributed by atoms with van der Waals surface area (Å²) in [6.45, 7) is 2.48. The van der Waals surface area contributed by atoms with Crippen molar-refractivity contribution in [2.24, 2.45) is 0 Å². The van der Waals surface area contributed by atoms with E-state index in [0.717, 1.165) is 11.1 Å². The molecule has 3 aromatic rings. The molecule has 0 aliphatic heterocycles. The number of hydrogen-bond acceptors (Lipinski definition) is 2. The molecule has 3 heteroatoms. The summed E-state index contributed by atoms with van der Waals surface area (Å²) >= 11 is 0. The molecular formula is C19H17NO2. The van der Waals surface area contributed by atoms with Crippen LogP contribution in [0.3, 0.4) is 0 Å². The second-order valence-electron chi connectivity index (χ2n) is 5.35. The average molecular weight is 291 g/mol. The van der Waals surface area contributed by atoms with Gasteiger partial charge in [0.25, 0.3) is 0 Å². The predicted molar refractivity (Wildman–Crippen MR) is 89.4 cm³/mol. The van der Waals surface area contributed by atoms with Crippen LogP contribution in [-0.2, 0) is 6.54 Å². The average Bonchev–Trinajstić information content (AvgIpc) is 2.53. The minimum absolute atomic E-state index is 0.306. The van der Waals surface area contributed by atoms with Crippen LogP contribution >= 0.6 is 0 Å². The van der Waals surface area contributed by atoms with E-state index in [4.69, 9.17) is 0 Å². The normalized spacial score (nSPS) is 10.6. The molecule has 0 bridgehead atoms. The van der Waals surface area contributed by atoms with Crippen LogP contribution in [0.15, 0.2) is 60.7 Å². The Bertz CT molecular complexity index is 834. The molecule has 2 N–H and O–H groups in total. The van der Waals surface area contributed by atoms with E-state index in [1.165, 1.54) is 10.8 Å². The molecule has 0 radical (unpaired) electrons. The summed E-state index contributed by atoms with van der Waals surface area (Å²) < 4.78 is 0. The molecule has 3 nitrogen and oxygen atoms in total. The smallest absolute Gasteiger partial charge is 0.337 e. The fraction of sp³-hybridized carbons (Fsp3) is 0.105. The van der Waals surface area contributed by atoms with Gasteiger partial charge in [-0.3, -0.25) is 0 Å². The summed E-state index contributed by atoms with van der Waals surface area (Å²) in [6.07, 6.45) is 0. The van der Waals surface area contributed by atoms with Crippen LogP contribution in [0.5, 0.6) is 0 Å². The highest BCUT2D eigenvalue weighted by atomic mass is 16.4. The molecule has 0 unspecified atom stereocenters. The fourth-order valence-electron chi connectivity index (χ4n) is 2.63. The Morgan fingerprint density at radius 1 is 1.05 bits per heavy atom. The number of carboxylic acids is 1. The van der Waals surface area contributed by atoms with Gasteiger partial charge >= 0.3 is 5.97 Å². The van der Waals surface area contributed by atoms with Gasteiger partial charge < -0.3 is 10.4 Å². The lowest BCUT2D eigenvalue weighted by Gasteiger charge is -2.12. The van der Waals surface area contributed by atoms with Crippen LogP contribution in [0, 0.1) is 6.92 Å². The number of fused-ring (bicyclic) bond motifs is 1. The zero-order valence-electron chi connectivity index (χ0n) is 12.3. The Labute approximate surface area is 129 Å². The van der Waals surface area contributed by atoms with Crippen molar-refractivity contribution in [3.8, 4) is 0 Å². The van der Waals surface area contributed by atoms with Crippen molar-refractivity contribution in [2.75, 3.05) is 5.32 Å². The molecule has 0 amide bonds. The number of rotatable bonds is 4. The van der Waals surface area contributed by atoms with E-state index in [-0.39, 0.29) is 0 Å². The lowest BCUT2D eigenvalue weighted by Crippen LogP contribution is -2.07. The molecule has 0 saturated carbocycles. The summed E-state index contributed by atoms with van der Waals surface area (Å²) in [5.74, 6) is -0.913. The zero-order valence-corrected chi connectivity index (χ0v) is 12.3. The number of aryl methyl sites for hydroxylation is 1. The van der Waals surface area contributed by atoms with Gasteiger partial charge in [-0.2, -0.15) is 0 Å². The Hall–Kier alpha value is -2.81. The van der Waals surface area contributed by atoms with Crippen molar-refractivity contribution in [3.05, 3.63) is 77.4 Å². The molecule has 22 heavy (non-hydrogen) atoms. The molecule has 0 heterocycles. The van der Waals surface area contributed by atoms with Crippen LogP contribution < -0.4 is 5.32 Å². The minimum atomic E-state index is -0.913. The highest BCUT2D eigenvalue weighted by Crippen LogP contribution is 2.22. The number of anilines is 1. The molecule has 0 aromatic heterocycles. The zero-order chi connectivity index (χ0) is 15.5. The topological polar surface area (TPSA) is 49.3 Å². The first kappa shape index (κ1) is 14.1. The third-order valence-corrected chi connectivity index (χ3v) is 3.75. The highest BCUT2D eigenvalue weighted by molar-refractivity contribution is 5.94. The summed E-state index contributed by atoms with van der Waals surface area (Å²) in [6, 6.07) is 19.8. The number of aromatic carboxylic acids is 1. The van der Waals surface area contributed by atoms with Crippen molar-refractivity contribution < 1.29 is 9.90 Å². The molecule has 110 valence electrons. The Kier molecular flexibility index (Phi) is 3.79. The second-order valence-corrected chi connectivity index (χ2v) is 5.35. The summed E-state index contributed by atoms with van der Waals surface area (Å²) in [7, 11) is 0. The van der Waals surface area contributed by atoms with Crippen LogP contribution in [0.4, 0.5) is 5.69 Å². The van der Waals surface area contributed by atoms with Gasteiger partial charge in [-0.25, -0.2) is 4.79 Å². The highest BCUT2D eigenvalue weighted by Gasteiger charge is 2.10. The minimum Gasteiger partial charge on any atom is -0.478 e. The molecule has 0 atom stereocenters. The van der Waals surface area contributed by atoms with E-state index < -0.39 is 5.97 Å². The van der Waals surface area contributed by atoms with Crippen LogP contribution in [0.25, 0.3) is 10.8 Å². The summed E-state index contributed by atoms with van der Waals surface area (Å²) in [5, 5.41) is 14.9.